The molecule has 0 aliphatic carbocycles. The molecule has 0 amide bonds. The van der Waals surface area contributed by atoms with Gasteiger partial charge in [0.2, 0.25) is 0 Å². The fourth-order valence-corrected chi connectivity index (χ4v) is 2.73. The predicted molar refractivity (Wildman–Crippen MR) is 82.6 cm³/mol. The van der Waals surface area contributed by atoms with Gasteiger partial charge in [0.15, 0.2) is 0 Å². The van der Waals surface area contributed by atoms with Gasteiger partial charge in [-0.3, -0.25) is 9.80 Å². The molecule has 3 nitrogen and oxygen atoms in total. The van der Waals surface area contributed by atoms with E-state index in [0.29, 0.717) is 18.1 Å². The van der Waals surface area contributed by atoms with Crippen LogP contribution in [0.3, 0.4) is 0 Å². The lowest BCUT2D eigenvalue weighted by molar-refractivity contribution is 0.139. The molecule has 1 aliphatic heterocycles. The lowest BCUT2D eigenvalue weighted by Gasteiger charge is -2.34. The molecule has 19 heavy (non-hydrogen) atoms. The van der Waals surface area contributed by atoms with Gasteiger partial charge in [-0.15, -0.1) is 0 Å². The van der Waals surface area contributed by atoms with Crippen LogP contribution in [0.4, 0.5) is 4.39 Å². The number of nitrogens with zero attached hydrogens (tertiary/aromatic N) is 2. The first-order valence-electron chi connectivity index (χ1n) is 6.21. The number of hydrogen-bond donors (Lipinski definition) is 1. The lowest BCUT2D eigenvalue weighted by atomic mass is 10.2. The summed E-state index contributed by atoms with van der Waals surface area (Å²) in [7, 11) is 0. The quantitative estimate of drug-likeness (QED) is 0.846. The Hall–Kier alpha value is -0.560. The number of nitrogens with two attached hydrogens (primary N) is 1. The first-order valence-corrected chi connectivity index (χ1v) is 7.41. The Labute approximate surface area is 126 Å². The fourth-order valence-electron chi connectivity index (χ4n) is 2.22. The topological polar surface area (TPSA) is 32.5 Å². The zero-order valence-electron chi connectivity index (χ0n) is 10.6. The molecule has 1 aliphatic rings. The smallest absolute Gasteiger partial charge is 0.128 e. The van der Waals surface area contributed by atoms with E-state index in [1.807, 2.05) is 12.1 Å². The number of thiocarbonyl (C=S) groups is 1. The van der Waals surface area contributed by atoms with Crippen LogP contribution in [0.5, 0.6) is 0 Å². The van der Waals surface area contributed by atoms with Crippen molar-refractivity contribution in [1.29, 1.82) is 0 Å². The monoisotopic (exact) mass is 345 g/mol. The Balaban J connectivity index is 1.87. The highest BCUT2D eigenvalue weighted by Crippen LogP contribution is 2.17. The zero-order chi connectivity index (χ0) is 13.8. The molecule has 0 unspecified atom stereocenters. The van der Waals surface area contributed by atoms with E-state index < -0.39 is 0 Å². The Morgan fingerprint density at radius 1 is 1.26 bits per heavy atom. The summed E-state index contributed by atoms with van der Waals surface area (Å²) in [5, 5.41) is 0. The van der Waals surface area contributed by atoms with E-state index in [0.717, 1.165) is 36.2 Å². The van der Waals surface area contributed by atoms with Crippen molar-refractivity contribution in [3.63, 3.8) is 0 Å². The summed E-state index contributed by atoms with van der Waals surface area (Å²) in [6, 6.07) is 5.22. The second-order valence-corrected chi connectivity index (χ2v) is 6.19. The van der Waals surface area contributed by atoms with E-state index in [2.05, 4.69) is 25.7 Å². The Kier molecular flexibility index (Phi) is 5.27. The van der Waals surface area contributed by atoms with Gasteiger partial charge in [-0.2, -0.15) is 0 Å². The van der Waals surface area contributed by atoms with E-state index in [9.17, 15) is 4.39 Å². The molecule has 1 heterocycles. The van der Waals surface area contributed by atoms with Crippen molar-refractivity contribution < 1.29 is 4.39 Å². The largest absolute Gasteiger partial charge is 0.392 e. The summed E-state index contributed by atoms with van der Waals surface area (Å²) >= 11 is 8.18. The van der Waals surface area contributed by atoms with E-state index in [1.165, 1.54) is 6.07 Å². The summed E-state index contributed by atoms with van der Waals surface area (Å²) in [5.74, 6) is -0.153. The Morgan fingerprint density at radius 3 is 2.47 bits per heavy atom. The van der Waals surface area contributed by atoms with E-state index in [4.69, 9.17) is 18.0 Å². The van der Waals surface area contributed by atoms with Crippen LogP contribution in [0.2, 0.25) is 0 Å². The van der Waals surface area contributed by atoms with Gasteiger partial charge in [0.25, 0.3) is 0 Å². The van der Waals surface area contributed by atoms with E-state index in [-0.39, 0.29) is 5.82 Å². The highest BCUT2D eigenvalue weighted by molar-refractivity contribution is 9.10. The van der Waals surface area contributed by atoms with Crippen molar-refractivity contribution >= 4 is 33.1 Å². The maximum Gasteiger partial charge on any atom is 0.128 e. The molecule has 0 aromatic heterocycles. The molecular weight excluding hydrogens is 329 g/mol. The molecular formula is C13H17BrFN3S. The molecule has 104 valence electrons. The average Bonchev–Trinajstić information content (AvgIpc) is 2.34. The molecule has 1 fully saturated rings. The van der Waals surface area contributed by atoms with Crippen LogP contribution in [-0.2, 0) is 6.54 Å². The van der Waals surface area contributed by atoms with Crippen LogP contribution in [0.1, 0.15) is 5.56 Å². The predicted octanol–water partition coefficient (Wildman–Crippen LogP) is 1.99. The van der Waals surface area contributed by atoms with Crippen LogP contribution < -0.4 is 5.73 Å². The van der Waals surface area contributed by atoms with Crippen LogP contribution in [0, 0.1) is 5.82 Å². The molecule has 1 aromatic carbocycles. The minimum absolute atomic E-state index is 0.153. The van der Waals surface area contributed by atoms with Gasteiger partial charge >= 0.3 is 0 Å². The van der Waals surface area contributed by atoms with Crippen molar-refractivity contribution in [3.8, 4) is 0 Å². The van der Waals surface area contributed by atoms with Crippen molar-refractivity contribution in [2.24, 2.45) is 5.73 Å². The molecule has 1 saturated heterocycles. The summed E-state index contributed by atoms with van der Waals surface area (Å²) in [6.45, 7) is 5.01. The first kappa shape index (κ1) is 14.8. The van der Waals surface area contributed by atoms with Crippen molar-refractivity contribution in [3.05, 3.63) is 34.1 Å². The summed E-state index contributed by atoms with van der Waals surface area (Å²) in [6.07, 6.45) is 0. The molecule has 1 aromatic rings. The standard InChI is InChI=1S/C13H17BrFN3S/c14-11-2-1-10(12(15)7-11)8-17-3-5-18(6-4-17)9-13(16)19/h1-2,7H,3-6,8-9H2,(H2,16,19). The maximum atomic E-state index is 13.8. The molecule has 0 atom stereocenters. The minimum Gasteiger partial charge on any atom is -0.392 e. The molecule has 0 spiro atoms. The van der Waals surface area contributed by atoms with Gasteiger partial charge in [0, 0.05) is 49.3 Å². The normalized spacial score (nSPS) is 17.6. The van der Waals surface area contributed by atoms with Gasteiger partial charge in [0.1, 0.15) is 5.82 Å². The summed E-state index contributed by atoms with van der Waals surface area (Å²) in [5.41, 5.74) is 6.28. The Bertz CT molecular complexity index is 461. The van der Waals surface area contributed by atoms with Crippen LogP contribution >= 0.6 is 28.1 Å². The van der Waals surface area contributed by atoms with Crippen molar-refractivity contribution in [2.45, 2.75) is 6.54 Å². The van der Waals surface area contributed by atoms with Gasteiger partial charge in [-0.05, 0) is 12.1 Å². The van der Waals surface area contributed by atoms with Crippen molar-refractivity contribution in [2.75, 3.05) is 32.7 Å². The molecule has 6 heteroatoms. The third-order valence-corrected chi connectivity index (χ3v) is 3.88. The minimum atomic E-state index is -0.153. The second kappa shape index (κ2) is 6.74. The molecule has 2 rings (SSSR count). The van der Waals surface area contributed by atoms with Gasteiger partial charge in [-0.1, -0.05) is 34.2 Å². The maximum absolute atomic E-state index is 13.8. The molecule has 0 radical (unpaired) electrons. The van der Waals surface area contributed by atoms with E-state index >= 15 is 0 Å². The van der Waals surface area contributed by atoms with Crippen molar-refractivity contribution in [1.82, 2.24) is 9.80 Å². The first-order chi connectivity index (χ1) is 9.04. The highest BCUT2D eigenvalue weighted by atomic mass is 79.9. The number of benzene rings is 1. The van der Waals surface area contributed by atoms with Gasteiger partial charge in [-0.25, -0.2) is 4.39 Å². The van der Waals surface area contributed by atoms with Crippen LogP contribution in [0.25, 0.3) is 0 Å². The number of piperazine rings is 1. The summed E-state index contributed by atoms with van der Waals surface area (Å²) in [4.78, 5) is 5.02. The zero-order valence-corrected chi connectivity index (χ0v) is 13.0. The van der Waals surface area contributed by atoms with Gasteiger partial charge < -0.3 is 5.73 Å². The SMILES string of the molecule is NC(=S)CN1CCN(Cc2ccc(Br)cc2F)CC1. The molecule has 2 N–H and O–H groups in total. The van der Waals surface area contributed by atoms with Gasteiger partial charge in [0.05, 0.1) is 4.99 Å². The molecule has 0 bridgehead atoms. The highest BCUT2D eigenvalue weighted by Gasteiger charge is 2.18. The van der Waals surface area contributed by atoms with E-state index in [1.54, 1.807) is 0 Å². The van der Waals surface area contributed by atoms with Crippen LogP contribution in [-0.4, -0.2) is 47.5 Å². The second-order valence-electron chi connectivity index (χ2n) is 4.75. The third-order valence-electron chi connectivity index (χ3n) is 3.25. The summed E-state index contributed by atoms with van der Waals surface area (Å²) < 4.78 is 14.5. The number of hydrogen-bond acceptors (Lipinski definition) is 3. The fraction of sp³-hybridized carbons (Fsp3) is 0.462. The van der Waals surface area contributed by atoms with Crippen LogP contribution in [0.15, 0.2) is 22.7 Å². The number of rotatable bonds is 4. The molecule has 0 saturated carbocycles. The third kappa shape index (κ3) is 4.49. The Morgan fingerprint density at radius 2 is 1.89 bits per heavy atom. The number of halogens is 2. The average molecular weight is 346 g/mol. The lowest BCUT2D eigenvalue weighted by Crippen LogP contribution is -2.48.